The number of rotatable bonds is 6. The number of aromatic nitrogens is 3. The van der Waals surface area contributed by atoms with Crippen LogP contribution < -0.4 is 11.0 Å². The number of nitrogens with zero attached hydrogens (tertiary/aromatic N) is 2. The minimum Gasteiger partial charge on any atom is -0.323 e. The molecule has 2 rings (SSSR count). The molecule has 0 radical (unpaired) electrons. The van der Waals surface area contributed by atoms with Gasteiger partial charge in [0, 0.05) is 6.54 Å². The van der Waals surface area contributed by atoms with Crippen LogP contribution in [0.2, 0.25) is 0 Å². The van der Waals surface area contributed by atoms with Crippen LogP contribution in [0.3, 0.4) is 0 Å². The second kappa shape index (κ2) is 7.26. The standard InChI is InChI=1S/C14H17FN4O2S/c1-3-6-19-13(21)17-18-14(19)22-8-12(20)16-11-5-4-9(2)7-10(11)15/h4-5,7H,3,6,8H2,1-2H3,(H,16,20)(H,17,21). The Bertz CT molecular complexity index is 726. The van der Waals surface area contributed by atoms with Gasteiger partial charge in [0.25, 0.3) is 0 Å². The molecule has 0 unspecified atom stereocenters. The molecule has 2 N–H and O–H groups in total. The number of carbonyl (C=O) groups excluding carboxylic acids is 1. The first-order valence-electron chi connectivity index (χ1n) is 6.85. The second-order valence-corrected chi connectivity index (χ2v) is 5.73. The first-order valence-corrected chi connectivity index (χ1v) is 7.83. The van der Waals surface area contributed by atoms with Gasteiger partial charge in [0.1, 0.15) is 5.82 Å². The average Bonchev–Trinajstić information content (AvgIpc) is 2.81. The number of hydrogen-bond donors (Lipinski definition) is 2. The largest absolute Gasteiger partial charge is 0.343 e. The molecular formula is C14H17FN4O2S. The van der Waals surface area contributed by atoms with Crippen molar-refractivity contribution in [2.75, 3.05) is 11.1 Å². The van der Waals surface area contributed by atoms with Crippen LogP contribution in [0.15, 0.2) is 28.2 Å². The fourth-order valence-corrected chi connectivity index (χ4v) is 2.64. The zero-order valence-electron chi connectivity index (χ0n) is 12.4. The summed E-state index contributed by atoms with van der Waals surface area (Å²) in [7, 11) is 0. The van der Waals surface area contributed by atoms with Crippen LogP contribution in [0, 0.1) is 12.7 Å². The van der Waals surface area contributed by atoms with Gasteiger partial charge in [-0.15, -0.1) is 5.10 Å². The van der Waals surface area contributed by atoms with E-state index in [0.29, 0.717) is 11.7 Å². The van der Waals surface area contributed by atoms with E-state index >= 15 is 0 Å². The summed E-state index contributed by atoms with van der Waals surface area (Å²) in [6, 6.07) is 4.60. The van der Waals surface area contributed by atoms with Gasteiger partial charge in [-0.2, -0.15) is 0 Å². The molecule has 0 fully saturated rings. The minimum absolute atomic E-state index is 0.0430. The number of nitrogens with one attached hydrogen (secondary N) is 2. The van der Waals surface area contributed by atoms with Crippen molar-refractivity contribution in [1.29, 1.82) is 0 Å². The maximum atomic E-state index is 13.7. The molecule has 6 nitrogen and oxygen atoms in total. The second-order valence-electron chi connectivity index (χ2n) is 4.78. The normalized spacial score (nSPS) is 10.7. The molecule has 0 saturated heterocycles. The number of aromatic amines is 1. The van der Waals surface area contributed by atoms with E-state index in [-0.39, 0.29) is 23.0 Å². The Morgan fingerprint density at radius 3 is 2.95 bits per heavy atom. The van der Waals surface area contributed by atoms with Crippen molar-refractivity contribution >= 4 is 23.4 Å². The van der Waals surface area contributed by atoms with Crippen LogP contribution in [-0.2, 0) is 11.3 Å². The first kappa shape index (κ1) is 16.3. The van der Waals surface area contributed by atoms with Crippen LogP contribution in [0.25, 0.3) is 0 Å². The molecule has 1 aromatic carbocycles. The highest BCUT2D eigenvalue weighted by Gasteiger charge is 2.12. The number of halogens is 1. The Labute approximate surface area is 131 Å². The molecule has 0 bridgehead atoms. The number of benzene rings is 1. The van der Waals surface area contributed by atoms with E-state index in [9.17, 15) is 14.0 Å². The molecule has 1 amide bonds. The van der Waals surface area contributed by atoms with Crippen LogP contribution in [-0.4, -0.2) is 26.4 Å². The summed E-state index contributed by atoms with van der Waals surface area (Å²) >= 11 is 1.13. The Balaban J connectivity index is 1.97. The topological polar surface area (TPSA) is 79.8 Å². The monoisotopic (exact) mass is 324 g/mol. The molecule has 0 aliphatic carbocycles. The van der Waals surface area contributed by atoms with Gasteiger partial charge >= 0.3 is 5.69 Å². The van der Waals surface area contributed by atoms with E-state index in [1.807, 2.05) is 6.92 Å². The molecule has 0 saturated carbocycles. The SMILES string of the molecule is CCCn1c(SCC(=O)Nc2ccc(C)cc2F)n[nH]c1=O. The molecule has 2 aromatic rings. The van der Waals surface area contributed by atoms with Crippen molar-refractivity contribution < 1.29 is 9.18 Å². The molecule has 1 heterocycles. The van der Waals surface area contributed by atoms with Crippen molar-refractivity contribution in [2.45, 2.75) is 32.0 Å². The number of aryl methyl sites for hydroxylation is 1. The Morgan fingerprint density at radius 2 is 2.27 bits per heavy atom. The van der Waals surface area contributed by atoms with Crippen molar-refractivity contribution in [3.05, 3.63) is 40.1 Å². The van der Waals surface area contributed by atoms with Gasteiger partial charge in [-0.3, -0.25) is 9.36 Å². The Hall–Kier alpha value is -2.09. The van der Waals surface area contributed by atoms with Crippen molar-refractivity contribution in [3.63, 3.8) is 0 Å². The minimum atomic E-state index is -0.471. The van der Waals surface area contributed by atoms with Crippen molar-refractivity contribution in [2.24, 2.45) is 0 Å². The molecular weight excluding hydrogens is 307 g/mol. The lowest BCUT2D eigenvalue weighted by atomic mass is 10.2. The lowest BCUT2D eigenvalue weighted by molar-refractivity contribution is -0.113. The van der Waals surface area contributed by atoms with E-state index in [1.54, 1.807) is 13.0 Å². The van der Waals surface area contributed by atoms with Gasteiger partial charge in [-0.1, -0.05) is 24.8 Å². The van der Waals surface area contributed by atoms with Crippen LogP contribution in [0.5, 0.6) is 0 Å². The maximum absolute atomic E-state index is 13.7. The maximum Gasteiger partial charge on any atom is 0.343 e. The summed E-state index contributed by atoms with van der Waals surface area (Å²) < 4.78 is 15.1. The quantitative estimate of drug-likeness (QED) is 0.798. The summed E-state index contributed by atoms with van der Waals surface area (Å²) in [6.45, 7) is 4.25. The zero-order valence-corrected chi connectivity index (χ0v) is 13.2. The number of H-pyrrole nitrogens is 1. The van der Waals surface area contributed by atoms with Gasteiger partial charge in [-0.05, 0) is 31.0 Å². The molecule has 0 spiro atoms. The number of carbonyl (C=O) groups is 1. The summed E-state index contributed by atoms with van der Waals surface area (Å²) in [6.07, 6.45) is 0.785. The van der Waals surface area contributed by atoms with Crippen LogP contribution in [0.4, 0.5) is 10.1 Å². The predicted octanol–water partition coefficient (Wildman–Crippen LogP) is 2.16. The van der Waals surface area contributed by atoms with E-state index in [1.165, 1.54) is 16.7 Å². The predicted molar refractivity (Wildman–Crippen MR) is 83.6 cm³/mol. The highest BCUT2D eigenvalue weighted by Crippen LogP contribution is 2.17. The van der Waals surface area contributed by atoms with Crippen LogP contribution >= 0.6 is 11.8 Å². The lowest BCUT2D eigenvalue weighted by Crippen LogP contribution is -2.19. The van der Waals surface area contributed by atoms with Gasteiger partial charge in [0.15, 0.2) is 5.16 Å². The number of hydrogen-bond acceptors (Lipinski definition) is 4. The van der Waals surface area contributed by atoms with E-state index < -0.39 is 5.82 Å². The fourth-order valence-electron chi connectivity index (χ4n) is 1.87. The molecule has 8 heteroatoms. The molecule has 22 heavy (non-hydrogen) atoms. The van der Waals surface area contributed by atoms with Crippen LogP contribution in [0.1, 0.15) is 18.9 Å². The number of amides is 1. The number of anilines is 1. The molecule has 0 aliphatic heterocycles. The molecule has 1 aromatic heterocycles. The van der Waals surface area contributed by atoms with Gasteiger partial charge in [0.2, 0.25) is 5.91 Å². The highest BCUT2D eigenvalue weighted by molar-refractivity contribution is 7.99. The summed E-state index contributed by atoms with van der Waals surface area (Å²) in [5.74, 6) is -0.784. The Kier molecular flexibility index (Phi) is 5.37. The summed E-state index contributed by atoms with van der Waals surface area (Å²) in [5, 5.41) is 9.19. The summed E-state index contributed by atoms with van der Waals surface area (Å²) in [4.78, 5) is 23.4. The molecule has 0 aliphatic rings. The number of thioether (sulfide) groups is 1. The smallest absolute Gasteiger partial charge is 0.323 e. The third-order valence-corrected chi connectivity index (χ3v) is 3.88. The first-order chi connectivity index (χ1) is 10.5. The summed E-state index contributed by atoms with van der Waals surface area (Å²) in [5.41, 5.74) is 0.628. The third-order valence-electron chi connectivity index (χ3n) is 2.90. The van der Waals surface area contributed by atoms with Crippen molar-refractivity contribution in [3.8, 4) is 0 Å². The zero-order chi connectivity index (χ0) is 16.1. The van der Waals surface area contributed by atoms with Crippen molar-refractivity contribution in [1.82, 2.24) is 14.8 Å². The van der Waals surface area contributed by atoms with E-state index in [0.717, 1.165) is 23.7 Å². The fraction of sp³-hybridized carbons (Fsp3) is 0.357. The highest BCUT2D eigenvalue weighted by atomic mass is 32.2. The third kappa shape index (κ3) is 3.97. The molecule has 118 valence electrons. The molecule has 0 atom stereocenters. The van der Waals surface area contributed by atoms with Gasteiger partial charge in [0.05, 0.1) is 11.4 Å². The van der Waals surface area contributed by atoms with Gasteiger partial charge in [-0.25, -0.2) is 14.3 Å². The van der Waals surface area contributed by atoms with E-state index in [2.05, 4.69) is 15.5 Å². The average molecular weight is 324 g/mol. The van der Waals surface area contributed by atoms with E-state index in [4.69, 9.17) is 0 Å². The lowest BCUT2D eigenvalue weighted by Gasteiger charge is -2.07. The Morgan fingerprint density at radius 1 is 1.50 bits per heavy atom. The van der Waals surface area contributed by atoms with Gasteiger partial charge < -0.3 is 5.32 Å².